The van der Waals surface area contributed by atoms with Gasteiger partial charge < -0.3 is 19.1 Å². The number of methoxy groups -OCH3 is 3. The van der Waals surface area contributed by atoms with Crippen LogP contribution in [0.1, 0.15) is 52.8 Å². The number of nitrogens with zero attached hydrogens (tertiary/aromatic N) is 5. The lowest BCUT2D eigenvalue weighted by molar-refractivity contribution is -0.117. The predicted molar refractivity (Wildman–Crippen MR) is 213 cm³/mol. The van der Waals surface area contributed by atoms with Crippen molar-refractivity contribution in [3.63, 3.8) is 0 Å². The zero-order valence-corrected chi connectivity index (χ0v) is 34.2. The van der Waals surface area contributed by atoms with Gasteiger partial charge in [-0.15, -0.1) is 0 Å². The Labute approximate surface area is 351 Å². The van der Waals surface area contributed by atoms with Gasteiger partial charge in [0.25, 0.3) is 11.8 Å². The van der Waals surface area contributed by atoms with Gasteiger partial charge in [0, 0.05) is 45.2 Å². The van der Waals surface area contributed by atoms with Crippen LogP contribution in [-0.2, 0) is 53.8 Å². The fraction of sp³-hybridized carbons (Fsp3) is 0.318. The van der Waals surface area contributed by atoms with E-state index >= 15 is 0 Å². The number of carbonyl (C=O) groups is 2. The number of pyridine rings is 2. The number of benzene rings is 3. The average Bonchev–Trinajstić information content (AvgIpc) is 3.48. The summed E-state index contributed by atoms with van der Waals surface area (Å²) in [6, 6.07) is 12.3. The minimum absolute atomic E-state index is 0.00285. The summed E-state index contributed by atoms with van der Waals surface area (Å²) in [5.74, 6) is -10.1. The van der Waals surface area contributed by atoms with E-state index in [1.54, 1.807) is 12.1 Å². The van der Waals surface area contributed by atoms with Crippen molar-refractivity contribution in [2.24, 2.45) is 0 Å². The molecule has 10 nitrogen and oxygen atoms in total. The predicted octanol–water partition coefficient (Wildman–Crippen LogP) is 9.43. The van der Waals surface area contributed by atoms with Crippen molar-refractivity contribution < 1.29 is 58.9 Å². The van der Waals surface area contributed by atoms with Gasteiger partial charge in [0.05, 0.1) is 74.4 Å². The second-order valence-corrected chi connectivity index (χ2v) is 14.6. The van der Waals surface area contributed by atoms with E-state index in [9.17, 15) is 44.7 Å². The minimum atomic E-state index is -3.34. The molecule has 3 amide bonds. The third-order valence-corrected chi connectivity index (χ3v) is 10.3. The maximum Gasteiger partial charge on any atom is 0.329 e. The Morgan fingerprint density at radius 3 is 1.74 bits per heavy atom. The molecule has 2 aliphatic heterocycles. The molecule has 7 rings (SSSR count). The fourth-order valence-electron chi connectivity index (χ4n) is 7.28. The van der Waals surface area contributed by atoms with Gasteiger partial charge in [-0.2, -0.15) is 0 Å². The number of hydrogen-bond donors (Lipinski definition) is 0. The lowest BCUT2D eigenvalue weighted by Gasteiger charge is -2.29. The molecule has 0 spiro atoms. The number of amides is 3. The van der Waals surface area contributed by atoms with Crippen molar-refractivity contribution >= 4 is 29.0 Å². The standard InChI is InChI=1S/C26H24F5N3O3.C18H17F3N2O2/c1-26(30,31)19-11-16(12-32-24(19)37-3)33-8-7-17-20(27)5-4-6-23(17)34(25(33)35)13-18-21(28)9-15(14-36-2)10-22(18)29;1-18(20,21)14-9-12(10-22-17(14)25-2)23-7-6-13-11(8-16(23)24)4-3-5-15(13)19/h4-6,9-12H,7-8,13-14H2,1-3H3;3-5,9-10H,6-8H2,1-2H3. The topological polar surface area (TPSA) is 97.3 Å². The van der Waals surface area contributed by atoms with Gasteiger partial charge in [-0.05, 0) is 72.0 Å². The number of rotatable bonds is 10. The van der Waals surface area contributed by atoms with Crippen molar-refractivity contribution in [3.05, 3.63) is 135 Å². The van der Waals surface area contributed by atoms with Crippen molar-refractivity contribution in [3.8, 4) is 11.8 Å². The number of anilines is 3. The number of fused-ring (bicyclic) bond motifs is 2. The largest absolute Gasteiger partial charge is 0.481 e. The molecule has 0 unspecified atom stereocenters. The second kappa shape index (κ2) is 18.4. The lowest BCUT2D eigenvalue weighted by Crippen LogP contribution is -2.43. The summed E-state index contributed by atoms with van der Waals surface area (Å²) in [4.78, 5) is 37.6. The van der Waals surface area contributed by atoms with Crippen LogP contribution < -0.4 is 24.2 Å². The van der Waals surface area contributed by atoms with E-state index < -0.39 is 58.6 Å². The van der Waals surface area contributed by atoms with E-state index in [1.165, 1.54) is 69.0 Å². The van der Waals surface area contributed by atoms with Crippen molar-refractivity contribution in [2.75, 3.05) is 49.1 Å². The normalized spacial score (nSPS) is 14.4. The first-order chi connectivity index (χ1) is 29.4. The smallest absolute Gasteiger partial charge is 0.329 e. The molecule has 3 aromatic carbocycles. The number of halogens is 8. The van der Waals surface area contributed by atoms with Crippen LogP contribution >= 0.6 is 0 Å². The average molecular weight is 872 g/mol. The van der Waals surface area contributed by atoms with Crippen LogP contribution in [-0.4, -0.2) is 56.3 Å². The van der Waals surface area contributed by atoms with Gasteiger partial charge in [0.2, 0.25) is 17.7 Å². The van der Waals surface area contributed by atoms with E-state index in [0.717, 1.165) is 34.9 Å². The third-order valence-electron chi connectivity index (χ3n) is 10.3. The number of alkyl halides is 4. The number of urea groups is 1. The molecule has 0 saturated carbocycles. The maximum absolute atomic E-state index is 14.9. The molecule has 0 bridgehead atoms. The minimum Gasteiger partial charge on any atom is -0.481 e. The molecule has 328 valence electrons. The molecule has 5 aromatic rings. The molecular formula is C44H41F8N5O5. The Bertz CT molecular complexity index is 2460. The quantitative estimate of drug-likeness (QED) is 0.129. The summed E-state index contributed by atoms with van der Waals surface area (Å²) in [5.41, 5.74) is 0.516. The van der Waals surface area contributed by atoms with Crippen LogP contribution in [0.5, 0.6) is 11.8 Å². The van der Waals surface area contributed by atoms with Crippen LogP contribution in [0, 0.1) is 23.3 Å². The third kappa shape index (κ3) is 9.59. The van der Waals surface area contributed by atoms with Gasteiger partial charge in [-0.3, -0.25) is 14.6 Å². The Hall–Kier alpha value is -6.30. The lowest BCUT2D eigenvalue weighted by atomic mass is 10.0. The summed E-state index contributed by atoms with van der Waals surface area (Å²) in [6.07, 6.45) is 2.83. The van der Waals surface area contributed by atoms with E-state index in [2.05, 4.69) is 9.97 Å². The first-order valence-electron chi connectivity index (χ1n) is 19.1. The number of aromatic nitrogens is 2. The zero-order valence-electron chi connectivity index (χ0n) is 34.2. The molecule has 2 aromatic heterocycles. The Morgan fingerprint density at radius 2 is 1.19 bits per heavy atom. The SMILES string of the molecule is COCc1cc(F)c(CN2C(=O)N(c3cnc(OC)c(C(C)(F)F)c3)CCc3c(F)cccc32)c(F)c1.COc1ncc(N2CCc3c(F)cccc3CC2=O)cc1C(C)(F)F. The van der Waals surface area contributed by atoms with Crippen molar-refractivity contribution in [1.29, 1.82) is 0 Å². The number of ether oxygens (including phenoxy) is 3. The van der Waals surface area contributed by atoms with Crippen LogP contribution in [0.3, 0.4) is 0 Å². The molecule has 0 saturated heterocycles. The van der Waals surface area contributed by atoms with Gasteiger partial charge in [-0.1, -0.05) is 18.2 Å². The highest BCUT2D eigenvalue weighted by atomic mass is 19.3. The molecule has 0 N–H and O–H groups in total. The molecule has 4 heterocycles. The summed E-state index contributed by atoms with van der Waals surface area (Å²) in [5, 5.41) is 0. The molecule has 0 atom stereocenters. The van der Waals surface area contributed by atoms with Gasteiger partial charge in [0.15, 0.2) is 0 Å². The summed E-state index contributed by atoms with van der Waals surface area (Å²) in [7, 11) is 3.83. The van der Waals surface area contributed by atoms with Crippen LogP contribution in [0.25, 0.3) is 0 Å². The molecule has 2 aliphatic rings. The highest BCUT2D eigenvalue weighted by Crippen LogP contribution is 2.39. The molecular weight excluding hydrogens is 830 g/mol. The van der Waals surface area contributed by atoms with Crippen LogP contribution in [0.2, 0.25) is 0 Å². The van der Waals surface area contributed by atoms with Crippen LogP contribution in [0.15, 0.2) is 73.1 Å². The van der Waals surface area contributed by atoms with Crippen LogP contribution in [0.4, 0.5) is 57.0 Å². The van der Waals surface area contributed by atoms with Gasteiger partial charge in [-0.25, -0.2) is 49.9 Å². The van der Waals surface area contributed by atoms with Gasteiger partial charge >= 0.3 is 6.03 Å². The first-order valence-corrected chi connectivity index (χ1v) is 19.1. The summed E-state index contributed by atoms with van der Waals surface area (Å²) < 4.78 is 130. The fourth-order valence-corrected chi connectivity index (χ4v) is 7.28. The van der Waals surface area contributed by atoms with E-state index in [4.69, 9.17) is 14.2 Å². The van der Waals surface area contributed by atoms with E-state index in [0.29, 0.717) is 24.5 Å². The maximum atomic E-state index is 14.9. The Morgan fingerprint density at radius 1 is 0.677 bits per heavy atom. The number of hydrogen-bond acceptors (Lipinski definition) is 7. The van der Waals surface area contributed by atoms with Gasteiger partial charge in [0.1, 0.15) is 23.3 Å². The molecule has 18 heteroatoms. The van der Waals surface area contributed by atoms with E-state index in [-0.39, 0.29) is 84.2 Å². The second-order valence-electron chi connectivity index (χ2n) is 14.6. The Kier molecular flexibility index (Phi) is 13.4. The molecule has 0 fully saturated rings. The monoisotopic (exact) mass is 871 g/mol. The zero-order chi connectivity index (χ0) is 45.1. The summed E-state index contributed by atoms with van der Waals surface area (Å²) in [6.45, 7) is 0.909. The van der Waals surface area contributed by atoms with Crippen molar-refractivity contribution in [1.82, 2.24) is 9.97 Å². The number of carbonyl (C=O) groups excluding carboxylic acids is 2. The van der Waals surface area contributed by atoms with E-state index in [1.807, 2.05) is 0 Å². The molecule has 0 aliphatic carbocycles. The highest BCUT2D eigenvalue weighted by Gasteiger charge is 2.36. The first kappa shape index (κ1) is 45.2. The Balaban J connectivity index is 0.000000223. The summed E-state index contributed by atoms with van der Waals surface area (Å²) >= 11 is 0. The highest BCUT2D eigenvalue weighted by molar-refractivity contribution is 6.04. The molecule has 62 heavy (non-hydrogen) atoms. The van der Waals surface area contributed by atoms with Crippen molar-refractivity contribution in [2.45, 2.75) is 58.1 Å². The molecule has 0 radical (unpaired) electrons.